The maximum atomic E-state index is 12.6. The van der Waals surface area contributed by atoms with Gasteiger partial charge in [-0.3, -0.25) is 4.79 Å². The van der Waals surface area contributed by atoms with Gasteiger partial charge in [-0.1, -0.05) is 12.1 Å². The minimum absolute atomic E-state index is 0. The maximum Gasteiger partial charge on any atom is 0.354 e. The second-order valence-corrected chi connectivity index (χ2v) is 5.74. The Morgan fingerprint density at radius 1 is 1.22 bits per heavy atom. The van der Waals surface area contributed by atoms with Crippen LogP contribution in [-0.4, -0.2) is 36.5 Å². The number of nitrogens with one attached hydrogen (secondary N) is 1. The van der Waals surface area contributed by atoms with Crippen LogP contribution in [-0.2, 0) is 11.8 Å². The van der Waals surface area contributed by atoms with Gasteiger partial charge in [0.15, 0.2) is 5.78 Å². The Morgan fingerprint density at radius 3 is 2.57 bits per heavy atom. The highest BCUT2D eigenvalue weighted by Gasteiger charge is 2.23. The molecule has 1 aliphatic heterocycles. The van der Waals surface area contributed by atoms with Gasteiger partial charge < -0.3 is 14.6 Å². The number of ether oxygens (including phenoxy) is 1. The molecule has 0 bridgehead atoms. The summed E-state index contributed by atoms with van der Waals surface area (Å²) in [6, 6.07) is 7.43. The first-order valence-electron chi connectivity index (χ1n) is 7.54. The van der Waals surface area contributed by atoms with Crippen molar-refractivity contribution in [3.8, 4) is 0 Å². The summed E-state index contributed by atoms with van der Waals surface area (Å²) in [5.41, 5.74) is 2.08. The van der Waals surface area contributed by atoms with Crippen molar-refractivity contribution in [2.24, 2.45) is 13.0 Å². The third kappa shape index (κ3) is 3.26. The third-order valence-corrected chi connectivity index (χ3v) is 4.43. The van der Waals surface area contributed by atoms with Crippen LogP contribution in [0.5, 0.6) is 0 Å². The number of aromatic nitrogens is 1. The average molecular weight is 337 g/mol. The van der Waals surface area contributed by atoms with Crippen molar-refractivity contribution < 1.29 is 14.3 Å². The molecule has 23 heavy (non-hydrogen) atoms. The molecule has 124 valence electrons. The number of benzene rings is 1. The van der Waals surface area contributed by atoms with E-state index in [9.17, 15) is 9.59 Å². The number of esters is 1. The third-order valence-electron chi connectivity index (χ3n) is 4.43. The molecule has 1 aromatic heterocycles. The molecule has 3 rings (SSSR count). The number of halogens is 1. The van der Waals surface area contributed by atoms with Crippen molar-refractivity contribution in [2.75, 3.05) is 20.2 Å². The van der Waals surface area contributed by atoms with Gasteiger partial charge in [0.1, 0.15) is 5.69 Å². The summed E-state index contributed by atoms with van der Waals surface area (Å²) in [6.07, 6.45) is 1.77. The second-order valence-electron chi connectivity index (χ2n) is 5.74. The zero-order chi connectivity index (χ0) is 15.7. The molecule has 0 atom stereocenters. The van der Waals surface area contributed by atoms with Gasteiger partial charge >= 0.3 is 5.97 Å². The van der Waals surface area contributed by atoms with Crippen molar-refractivity contribution in [1.29, 1.82) is 0 Å². The molecule has 1 fully saturated rings. The van der Waals surface area contributed by atoms with Gasteiger partial charge in [0.2, 0.25) is 0 Å². The van der Waals surface area contributed by atoms with Crippen LogP contribution >= 0.6 is 12.4 Å². The minimum atomic E-state index is -0.370. The largest absolute Gasteiger partial charge is 0.464 e. The first-order valence-corrected chi connectivity index (χ1v) is 7.54. The van der Waals surface area contributed by atoms with Crippen molar-refractivity contribution in [2.45, 2.75) is 12.8 Å². The minimum Gasteiger partial charge on any atom is -0.464 e. The molecule has 1 aliphatic rings. The Bertz CT molecular complexity index is 733. The molecule has 5 nitrogen and oxygen atoms in total. The van der Waals surface area contributed by atoms with Crippen LogP contribution in [0.25, 0.3) is 10.9 Å². The first kappa shape index (κ1) is 17.5. The number of piperidine rings is 1. The molecular formula is C17H21ClN2O3. The van der Waals surface area contributed by atoms with E-state index >= 15 is 0 Å². The number of hydrogen-bond donors (Lipinski definition) is 1. The number of nitrogens with zero attached hydrogens (tertiary/aromatic N) is 1. The monoisotopic (exact) mass is 336 g/mol. The summed E-state index contributed by atoms with van der Waals surface area (Å²) in [7, 11) is 3.18. The Balaban J connectivity index is 0.00000192. The Morgan fingerprint density at radius 2 is 1.91 bits per heavy atom. The highest BCUT2D eigenvalue weighted by molar-refractivity contribution is 6.02. The molecule has 2 heterocycles. The summed E-state index contributed by atoms with van der Waals surface area (Å²) in [5.74, 6) is -0.0757. The normalized spacial score (nSPS) is 15.2. The van der Waals surface area contributed by atoms with Gasteiger partial charge in [0.25, 0.3) is 0 Å². The number of methoxy groups -OCH3 is 1. The fraction of sp³-hybridized carbons (Fsp3) is 0.412. The SMILES string of the molecule is COC(=O)c1cc2ccc(C(=O)C3CCNCC3)cc2n1C.Cl. The molecule has 0 saturated carbocycles. The summed E-state index contributed by atoms with van der Waals surface area (Å²) in [5, 5.41) is 4.21. The van der Waals surface area contributed by atoms with Crippen molar-refractivity contribution in [3.63, 3.8) is 0 Å². The molecule has 1 saturated heterocycles. The summed E-state index contributed by atoms with van der Waals surface area (Å²) < 4.78 is 6.56. The lowest BCUT2D eigenvalue weighted by Gasteiger charge is -2.21. The van der Waals surface area contributed by atoms with E-state index in [-0.39, 0.29) is 30.1 Å². The first-order chi connectivity index (χ1) is 10.6. The van der Waals surface area contributed by atoms with Crippen molar-refractivity contribution in [3.05, 3.63) is 35.5 Å². The van der Waals surface area contributed by atoms with Gasteiger partial charge in [-0.25, -0.2) is 4.79 Å². The fourth-order valence-corrected chi connectivity index (χ4v) is 3.10. The fourth-order valence-electron chi connectivity index (χ4n) is 3.10. The van der Waals surface area contributed by atoms with Gasteiger partial charge in [0.05, 0.1) is 7.11 Å². The summed E-state index contributed by atoms with van der Waals surface area (Å²) >= 11 is 0. The van der Waals surface area contributed by atoms with E-state index in [2.05, 4.69) is 5.32 Å². The molecule has 0 aliphatic carbocycles. The van der Waals surface area contributed by atoms with Crippen LogP contribution in [0, 0.1) is 5.92 Å². The molecule has 0 unspecified atom stereocenters. The topological polar surface area (TPSA) is 60.3 Å². The van der Waals surface area contributed by atoms with E-state index in [1.807, 2.05) is 25.2 Å². The molecular weight excluding hydrogens is 316 g/mol. The molecule has 1 N–H and O–H groups in total. The van der Waals surface area contributed by atoms with E-state index in [4.69, 9.17) is 4.74 Å². The van der Waals surface area contributed by atoms with E-state index in [0.717, 1.165) is 42.4 Å². The molecule has 0 radical (unpaired) electrons. The van der Waals surface area contributed by atoms with Gasteiger partial charge in [-0.2, -0.15) is 0 Å². The predicted octanol–water partition coefficient (Wildman–Crippen LogP) is 2.57. The van der Waals surface area contributed by atoms with Crippen molar-refractivity contribution in [1.82, 2.24) is 9.88 Å². The summed E-state index contributed by atoms with van der Waals surface area (Å²) in [6.45, 7) is 1.80. The van der Waals surface area contributed by atoms with Gasteiger partial charge in [0, 0.05) is 29.4 Å². The lowest BCUT2D eigenvalue weighted by atomic mass is 9.89. The number of aryl methyl sites for hydroxylation is 1. The zero-order valence-electron chi connectivity index (χ0n) is 13.3. The number of fused-ring (bicyclic) bond motifs is 1. The maximum absolute atomic E-state index is 12.6. The van der Waals surface area contributed by atoms with E-state index in [0.29, 0.717) is 5.69 Å². The number of Topliss-reactive ketones (excluding diaryl/α,β-unsaturated/α-hetero) is 1. The Kier molecular flexibility index (Phi) is 5.44. The van der Waals surface area contributed by atoms with Crippen LogP contribution in [0.1, 0.15) is 33.7 Å². The highest BCUT2D eigenvalue weighted by Crippen LogP contribution is 2.24. The Labute approximate surface area is 141 Å². The number of rotatable bonds is 3. The van der Waals surface area contributed by atoms with Gasteiger partial charge in [-0.05, 0) is 38.1 Å². The lowest BCUT2D eigenvalue weighted by molar-refractivity contribution is 0.0590. The highest BCUT2D eigenvalue weighted by atomic mass is 35.5. The zero-order valence-corrected chi connectivity index (χ0v) is 14.1. The number of carbonyl (C=O) groups excluding carboxylic acids is 2. The number of hydrogen-bond acceptors (Lipinski definition) is 4. The second kappa shape index (κ2) is 7.15. The van der Waals surface area contributed by atoms with Crippen LogP contribution in [0.3, 0.4) is 0 Å². The molecule has 0 spiro atoms. The van der Waals surface area contributed by atoms with Gasteiger partial charge in [-0.15, -0.1) is 12.4 Å². The van der Waals surface area contributed by atoms with Crippen LogP contribution in [0.2, 0.25) is 0 Å². The van der Waals surface area contributed by atoms with Crippen LogP contribution in [0.15, 0.2) is 24.3 Å². The van der Waals surface area contributed by atoms with E-state index < -0.39 is 0 Å². The molecule has 0 amide bonds. The van der Waals surface area contributed by atoms with Crippen LogP contribution in [0.4, 0.5) is 0 Å². The molecule has 1 aromatic carbocycles. The quantitative estimate of drug-likeness (QED) is 0.691. The van der Waals surface area contributed by atoms with Crippen LogP contribution < -0.4 is 5.32 Å². The Hall–Kier alpha value is -1.85. The number of ketones is 1. The van der Waals surface area contributed by atoms with E-state index in [1.165, 1.54) is 7.11 Å². The lowest BCUT2D eigenvalue weighted by Crippen LogP contribution is -2.31. The molecule has 6 heteroatoms. The van der Waals surface area contributed by atoms with E-state index in [1.54, 1.807) is 10.6 Å². The smallest absolute Gasteiger partial charge is 0.354 e. The predicted molar refractivity (Wildman–Crippen MR) is 91.4 cm³/mol. The number of carbonyl (C=O) groups is 2. The standard InChI is InChI=1S/C17H20N2O3.ClH/c1-19-14-10-13(16(20)11-5-7-18-8-6-11)4-3-12(14)9-15(19)17(21)22-2;/h3-4,9-11,18H,5-8H2,1-2H3;1H. The van der Waals surface area contributed by atoms with Crippen molar-refractivity contribution >= 4 is 35.1 Å². The average Bonchev–Trinajstić information content (AvgIpc) is 2.90. The summed E-state index contributed by atoms with van der Waals surface area (Å²) in [4.78, 5) is 24.4. The molecule has 2 aromatic rings.